The molecule has 0 aliphatic heterocycles. The van der Waals surface area contributed by atoms with E-state index >= 15 is 0 Å². The summed E-state index contributed by atoms with van der Waals surface area (Å²) < 4.78 is 7.50. The van der Waals surface area contributed by atoms with Gasteiger partial charge in [-0.15, -0.1) is 10.2 Å². The topological polar surface area (TPSA) is 81.9 Å². The molecule has 0 spiro atoms. The van der Waals surface area contributed by atoms with E-state index in [4.69, 9.17) is 4.74 Å². The normalized spacial score (nSPS) is 10.7. The van der Waals surface area contributed by atoms with Crippen molar-refractivity contribution < 1.29 is 9.53 Å². The zero-order valence-electron chi connectivity index (χ0n) is 17.6. The molecule has 7 nitrogen and oxygen atoms in total. The summed E-state index contributed by atoms with van der Waals surface area (Å²) in [6, 6.07) is 21.3. The quantitative estimate of drug-likeness (QED) is 0.390. The van der Waals surface area contributed by atoms with E-state index in [9.17, 15) is 4.79 Å². The van der Waals surface area contributed by atoms with E-state index < -0.39 is 0 Å². The molecule has 0 saturated heterocycles. The third kappa shape index (κ3) is 5.33. The van der Waals surface area contributed by atoms with Crippen molar-refractivity contribution in [3.05, 3.63) is 84.7 Å². The van der Waals surface area contributed by atoms with Crippen LogP contribution >= 0.6 is 11.8 Å². The van der Waals surface area contributed by atoms with Gasteiger partial charge in [0, 0.05) is 30.2 Å². The fourth-order valence-electron chi connectivity index (χ4n) is 3.12. The van der Waals surface area contributed by atoms with Crippen LogP contribution in [0.2, 0.25) is 0 Å². The second-order valence-corrected chi connectivity index (χ2v) is 7.80. The molecule has 0 fully saturated rings. The third-order valence-corrected chi connectivity index (χ3v) is 5.57. The highest BCUT2D eigenvalue weighted by molar-refractivity contribution is 7.99. The number of rotatable bonds is 9. The molecule has 4 aromatic rings. The Hall–Kier alpha value is -3.65. The van der Waals surface area contributed by atoms with Gasteiger partial charge in [0.25, 0.3) is 0 Å². The van der Waals surface area contributed by atoms with Gasteiger partial charge in [-0.1, -0.05) is 42.1 Å². The lowest BCUT2D eigenvalue weighted by molar-refractivity contribution is -0.118. The molecule has 0 saturated carbocycles. The van der Waals surface area contributed by atoms with Crippen molar-refractivity contribution in [2.24, 2.45) is 0 Å². The number of carbonyl (C=O) groups excluding carboxylic acids is 1. The fraction of sp³-hybridized carbons (Fsp3) is 0.167. The van der Waals surface area contributed by atoms with E-state index in [2.05, 4.69) is 20.5 Å². The van der Waals surface area contributed by atoms with Crippen LogP contribution in [-0.2, 0) is 11.3 Å². The molecule has 0 bridgehead atoms. The Balaban J connectivity index is 1.53. The van der Waals surface area contributed by atoms with Crippen molar-refractivity contribution in [2.75, 3.05) is 12.4 Å². The molecule has 8 heteroatoms. The molecule has 0 aliphatic carbocycles. The molecule has 0 aliphatic rings. The average Bonchev–Trinajstić information content (AvgIpc) is 3.27. The maximum Gasteiger partial charge on any atom is 0.230 e. The van der Waals surface area contributed by atoms with Crippen molar-refractivity contribution >= 4 is 17.7 Å². The van der Waals surface area contributed by atoms with Crippen LogP contribution < -0.4 is 10.1 Å². The SMILES string of the molecule is CCOc1ccc(-n2c(SCC(=O)NCc3ccccc3)nnc2-c2ccncc2)cc1. The monoisotopic (exact) mass is 445 g/mol. The molecule has 2 heterocycles. The van der Waals surface area contributed by atoms with Crippen molar-refractivity contribution in [1.29, 1.82) is 0 Å². The fourth-order valence-corrected chi connectivity index (χ4v) is 3.90. The van der Waals surface area contributed by atoms with Gasteiger partial charge in [0.2, 0.25) is 5.91 Å². The number of nitrogens with one attached hydrogen (secondary N) is 1. The molecule has 0 atom stereocenters. The van der Waals surface area contributed by atoms with Crippen LogP contribution in [0, 0.1) is 0 Å². The van der Waals surface area contributed by atoms with E-state index in [-0.39, 0.29) is 11.7 Å². The summed E-state index contributed by atoms with van der Waals surface area (Å²) in [5.74, 6) is 1.65. The summed E-state index contributed by atoms with van der Waals surface area (Å²) in [4.78, 5) is 16.5. The van der Waals surface area contributed by atoms with E-state index in [0.29, 0.717) is 24.1 Å². The summed E-state index contributed by atoms with van der Waals surface area (Å²) in [5, 5.41) is 12.3. The number of hydrogen-bond donors (Lipinski definition) is 1. The van der Waals surface area contributed by atoms with Crippen LogP contribution in [0.1, 0.15) is 12.5 Å². The Bertz CT molecular complexity index is 1150. The first kappa shape index (κ1) is 21.6. The maximum atomic E-state index is 12.4. The Morgan fingerprint density at radius 2 is 1.75 bits per heavy atom. The second kappa shape index (κ2) is 10.6. The van der Waals surface area contributed by atoms with Gasteiger partial charge in [-0.25, -0.2) is 0 Å². The van der Waals surface area contributed by atoms with Crippen LogP contribution in [-0.4, -0.2) is 38.0 Å². The molecule has 2 aromatic carbocycles. The summed E-state index contributed by atoms with van der Waals surface area (Å²) >= 11 is 1.35. The molecule has 1 amide bonds. The second-order valence-electron chi connectivity index (χ2n) is 6.86. The maximum absolute atomic E-state index is 12.4. The molecular weight excluding hydrogens is 422 g/mol. The van der Waals surface area contributed by atoms with Gasteiger partial charge >= 0.3 is 0 Å². The van der Waals surface area contributed by atoms with Crippen LogP contribution in [0.4, 0.5) is 0 Å². The van der Waals surface area contributed by atoms with Crippen LogP contribution in [0.5, 0.6) is 5.75 Å². The highest BCUT2D eigenvalue weighted by Crippen LogP contribution is 2.28. The van der Waals surface area contributed by atoms with Crippen LogP contribution in [0.15, 0.2) is 84.3 Å². The molecule has 4 rings (SSSR count). The first-order valence-electron chi connectivity index (χ1n) is 10.3. The van der Waals surface area contributed by atoms with Crippen LogP contribution in [0.3, 0.4) is 0 Å². The van der Waals surface area contributed by atoms with Crippen molar-refractivity contribution in [1.82, 2.24) is 25.1 Å². The standard InChI is InChI=1S/C24H23N5O2S/c1-2-31-21-10-8-20(9-11-21)29-23(19-12-14-25-15-13-19)27-28-24(29)32-17-22(30)26-16-18-6-4-3-5-7-18/h3-15H,2,16-17H2,1H3,(H,26,30). The minimum absolute atomic E-state index is 0.0643. The lowest BCUT2D eigenvalue weighted by Crippen LogP contribution is -2.24. The van der Waals surface area contributed by atoms with Gasteiger partial charge < -0.3 is 10.1 Å². The highest BCUT2D eigenvalue weighted by atomic mass is 32.2. The predicted molar refractivity (Wildman–Crippen MR) is 125 cm³/mol. The molecular formula is C24H23N5O2S. The number of ether oxygens (including phenoxy) is 1. The number of thioether (sulfide) groups is 1. The average molecular weight is 446 g/mol. The van der Waals surface area contributed by atoms with Gasteiger partial charge in [0.15, 0.2) is 11.0 Å². The number of benzene rings is 2. The number of pyridine rings is 1. The van der Waals surface area contributed by atoms with Crippen molar-refractivity contribution in [2.45, 2.75) is 18.6 Å². The molecule has 32 heavy (non-hydrogen) atoms. The first-order chi connectivity index (χ1) is 15.7. The van der Waals surface area contributed by atoms with Crippen molar-refractivity contribution in [3.63, 3.8) is 0 Å². The number of aromatic nitrogens is 4. The zero-order valence-corrected chi connectivity index (χ0v) is 18.5. The molecule has 0 radical (unpaired) electrons. The van der Waals surface area contributed by atoms with Crippen LogP contribution in [0.25, 0.3) is 17.1 Å². The van der Waals surface area contributed by atoms with E-state index in [0.717, 1.165) is 22.6 Å². The zero-order chi connectivity index (χ0) is 22.2. The van der Waals surface area contributed by atoms with Gasteiger partial charge in [-0.2, -0.15) is 0 Å². The summed E-state index contributed by atoms with van der Waals surface area (Å²) in [7, 11) is 0. The van der Waals surface area contributed by atoms with E-state index in [1.807, 2.05) is 78.2 Å². The molecule has 162 valence electrons. The number of nitrogens with zero attached hydrogens (tertiary/aromatic N) is 4. The summed E-state index contributed by atoms with van der Waals surface area (Å²) in [5.41, 5.74) is 2.84. The largest absolute Gasteiger partial charge is 0.494 e. The Labute approximate surface area is 190 Å². The Morgan fingerprint density at radius 1 is 1.00 bits per heavy atom. The number of carbonyl (C=O) groups is 1. The molecule has 1 N–H and O–H groups in total. The highest BCUT2D eigenvalue weighted by Gasteiger charge is 2.17. The van der Waals surface area contributed by atoms with Gasteiger partial charge in [0.1, 0.15) is 5.75 Å². The van der Waals surface area contributed by atoms with Gasteiger partial charge in [0.05, 0.1) is 12.4 Å². The Morgan fingerprint density at radius 3 is 2.47 bits per heavy atom. The minimum atomic E-state index is -0.0643. The minimum Gasteiger partial charge on any atom is -0.494 e. The molecule has 0 unspecified atom stereocenters. The smallest absolute Gasteiger partial charge is 0.230 e. The Kier molecular flexibility index (Phi) is 7.14. The predicted octanol–water partition coefficient (Wildman–Crippen LogP) is 4.14. The summed E-state index contributed by atoms with van der Waals surface area (Å²) in [6.07, 6.45) is 3.44. The first-order valence-corrected chi connectivity index (χ1v) is 11.3. The number of amides is 1. The van der Waals surface area contributed by atoms with E-state index in [1.165, 1.54) is 11.8 Å². The summed E-state index contributed by atoms with van der Waals surface area (Å²) in [6.45, 7) is 3.05. The van der Waals surface area contributed by atoms with Gasteiger partial charge in [-0.05, 0) is 48.9 Å². The number of hydrogen-bond acceptors (Lipinski definition) is 6. The molecule has 2 aromatic heterocycles. The lowest BCUT2D eigenvalue weighted by atomic mass is 10.2. The van der Waals surface area contributed by atoms with E-state index in [1.54, 1.807) is 12.4 Å². The van der Waals surface area contributed by atoms with Crippen molar-refractivity contribution in [3.8, 4) is 22.8 Å². The van der Waals surface area contributed by atoms with Gasteiger partial charge in [-0.3, -0.25) is 14.3 Å². The third-order valence-electron chi connectivity index (χ3n) is 4.64. The lowest BCUT2D eigenvalue weighted by Gasteiger charge is -2.11.